The van der Waals surface area contributed by atoms with Crippen LogP contribution in [0.15, 0.2) is 6.07 Å². The largest absolute Gasteiger partial charge is 0.417 e. The Hall–Kier alpha value is -1.81. The molecule has 0 aromatic carbocycles. The van der Waals surface area contributed by atoms with Gasteiger partial charge in [-0.1, -0.05) is 0 Å². The number of aromatic nitrogens is 1. The van der Waals surface area contributed by atoms with Crippen LogP contribution in [0.1, 0.15) is 36.2 Å². The van der Waals surface area contributed by atoms with Gasteiger partial charge in [-0.3, -0.25) is 4.90 Å². The predicted molar refractivity (Wildman–Crippen MR) is 75.1 cm³/mol. The molecule has 1 aromatic rings. The summed E-state index contributed by atoms with van der Waals surface area (Å²) >= 11 is 0. The molecule has 4 nitrogen and oxygen atoms in total. The zero-order chi connectivity index (χ0) is 16.1. The van der Waals surface area contributed by atoms with E-state index in [1.54, 1.807) is 11.0 Å². The van der Waals surface area contributed by atoms with E-state index >= 15 is 0 Å². The molecular formula is C15H16F3N4. The van der Waals surface area contributed by atoms with Gasteiger partial charge in [0.1, 0.15) is 17.5 Å². The minimum atomic E-state index is -4.56. The van der Waals surface area contributed by atoms with Crippen LogP contribution in [0.5, 0.6) is 0 Å². The molecule has 22 heavy (non-hydrogen) atoms. The number of hydrogen-bond donors (Lipinski definition) is 0. The molecule has 0 N–H and O–H groups in total. The van der Waals surface area contributed by atoms with Crippen LogP contribution in [-0.4, -0.2) is 36.1 Å². The summed E-state index contributed by atoms with van der Waals surface area (Å²) in [6.45, 7) is 3.28. The maximum atomic E-state index is 13.3. The van der Waals surface area contributed by atoms with Crippen molar-refractivity contribution in [2.45, 2.75) is 31.6 Å². The molecule has 2 aliphatic rings. The van der Waals surface area contributed by atoms with E-state index in [0.29, 0.717) is 12.2 Å². The van der Waals surface area contributed by atoms with Crippen LogP contribution in [0, 0.1) is 17.8 Å². The lowest BCUT2D eigenvalue weighted by Gasteiger charge is -2.42. The fourth-order valence-electron chi connectivity index (χ4n) is 2.84. The molecule has 3 rings (SSSR count). The van der Waals surface area contributed by atoms with Gasteiger partial charge in [0.05, 0.1) is 17.3 Å². The number of halogens is 3. The number of nitrogens with zero attached hydrogens (tertiary/aromatic N) is 4. The molecular weight excluding hydrogens is 293 g/mol. The van der Waals surface area contributed by atoms with E-state index in [9.17, 15) is 18.4 Å². The fraction of sp³-hybridized carbons (Fsp3) is 0.533. The lowest BCUT2D eigenvalue weighted by Crippen LogP contribution is -2.47. The Bertz CT molecular complexity index is 635. The van der Waals surface area contributed by atoms with Gasteiger partial charge in [-0.15, -0.1) is 0 Å². The topological polar surface area (TPSA) is 43.2 Å². The van der Waals surface area contributed by atoms with E-state index in [1.807, 2.05) is 25.3 Å². The van der Waals surface area contributed by atoms with Gasteiger partial charge in [0.2, 0.25) is 0 Å². The highest BCUT2D eigenvalue weighted by Crippen LogP contribution is 2.40. The molecule has 2 aliphatic heterocycles. The Morgan fingerprint density at radius 1 is 1.41 bits per heavy atom. The van der Waals surface area contributed by atoms with Crippen LogP contribution in [0.3, 0.4) is 0 Å². The first-order chi connectivity index (χ1) is 10.3. The van der Waals surface area contributed by atoms with E-state index in [-0.39, 0.29) is 23.5 Å². The van der Waals surface area contributed by atoms with Gasteiger partial charge in [0, 0.05) is 19.1 Å². The summed E-state index contributed by atoms with van der Waals surface area (Å²) in [4.78, 5) is 8.08. The van der Waals surface area contributed by atoms with Crippen LogP contribution < -0.4 is 4.90 Å². The van der Waals surface area contributed by atoms with Crippen molar-refractivity contribution < 1.29 is 13.2 Å². The van der Waals surface area contributed by atoms with Crippen molar-refractivity contribution in [3.05, 3.63) is 29.3 Å². The maximum Gasteiger partial charge on any atom is 0.417 e. The smallest absolute Gasteiger partial charge is 0.353 e. The zero-order valence-corrected chi connectivity index (χ0v) is 12.4. The molecule has 1 aromatic heterocycles. The average Bonchev–Trinajstić information content (AvgIpc) is 2.42. The van der Waals surface area contributed by atoms with E-state index < -0.39 is 11.7 Å². The summed E-state index contributed by atoms with van der Waals surface area (Å²) in [7, 11) is 1.84. The number of alkyl halides is 3. The first-order valence-electron chi connectivity index (χ1n) is 7.15. The maximum absolute atomic E-state index is 13.3. The summed E-state index contributed by atoms with van der Waals surface area (Å²) < 4.78 is 40.0. The van der Waals surface area contributed by atoms with Crippen molar-refractivity contribution in [1.29, 1.82) is 5.26 Å². The monoisotopic (exact) mass is 309 g/mol. The SMILES string of the molecule is C[C@H]1CCN1c1nc(C2[CH]CN2C)cc(C(F)(F)F)c1C#N. The third kappa shape index (κ3) is 2.31. The molecule has 1 unspecified atom stereocenters. The molecule has 2 atom stereocenters. The molecule has 1 radical (unpaired) electrons. The lowest BCUT2D eigenvalue weighted by atomic mass is 9.96. The molecule has 7 heteroatoms. The zero-order valence-electron chi connectivity index (χ0n) is 12.4. The molecule has 0 saturated carbocycles. The van der Waals surface area contributed by atoms with Gasteiger partial charge in [-0.05, 0) is 32.9 Å². The molecule has 2 saturated heterocycles. The Labute approximate surface area is 127 Å². The normalized spacial score (nSPS) is 25.4. The highest BCUT2D eigenvalue weighted by molar-refractivity contribution is 5.61. The Morgan fingerprint density at radius 2 is 2.14 bits per heavy atom. The molecule has 3 heterocycles. The first-order valence-corrected chi connectivity index (χ1v) is 7.15. The minimum Gasteiger partial charge on any atom is -0.353 e. The second-order valence-corrected chi connectivity index (χ2v) is 5.85. The number of pyridine rings is 1. The van der Waals surface area contributed by atoms with E-state index in [2.05, 4.69) is 4.98 Å². The van der Waals surface area contributed by atoms with Gasteiger partial charge in [0.25, 0.3) is 0 Å². The summed E-state index contributed by atoms with van der Waals surface area (Å²) in [6.07, 6.45) is -1.75. The van der Waals surface area contributed by atoms with Gasteiger partial charge in [0.15, 0.2) is 0 Å². The Morgan fingerprint density at radius 3 is 2.50 bits per heavy atom. The van der Waals surface area contributed by atoms with Crippen LogP contribution in [0.2, 0.25) is 0 Å². The van der Waals surface area contributed by atoms with Crippen LogP contribution in [0.25, 0.3) is 0 Å². The molecule has 0 spiro atoms. The number of likely N-dealkylation sites (tertiary alicyclic amines) is 1. The third-order valence-electron chi connectivity index (χ3n) is 4.42. The molecule has 0 aliphatic carbocycles. The predicted octanol–water partition coefficient (Wildman–Crippen LogP) is 2.76. The molecule has 0 amide bonds. The van der Waals surface area contributed by atoms with E-state index in [1.165, 1.54) is 0 Å². The number of rotatable bonds is 2. The van der Waals surface area contributed by atoms with Crippen LogP contribution >= 0.6 is 0 Å². The van der Waals surface area contributed by atoms with Crippen molar-refractivity contribution >= 4 is 5.82 Å². The van der Waals surface area contributed by atoms with Gasteiger partial charge in [-0.2, -0.15) is 18.4 Å². The number of hydrogen-bond acceptors (Lipinski definition) is 4. The summed E-state index contributed by atoms with van der Waals surface area (Å²) in [5.41, 5.74) is -0.901. The molecule has 2 fully saturated rings. The quantitative estimate of drug-likeness (QED) is 0.842. The highest BCUT2D eigenvalue weighted by atomic mass is 19.4. The van der Waals surface area contributed by atoms with Gasteiger partial charge < -0.3 is 4.90 Å². The Kier molecular flexibility index (Phi) is 3.52. The Balaban J connectivity index is 2.14. The lowest BCUT2D eigenvalue weighted by molar-refractivity contribution is -0.137. The molecule has 117 valence electrons. The number of anilines is 1. The second kappa shape index (κ2) is 5.13. The van der Waals surface area contributed by atoms with Crippen molar-refractivity contribution in [2.75, 3.05) is 25.0 Å². The molecule has 0 bridgehead atoms. The van der Waals surface area contributed by atoms with Crippen LogP contribution in [0.4, 0.5) is 19.0 Å². The summed E-state index contributed by atoms with van der Waals surface area (Å²) in [5, 5.41) is 9.24. The third-order valence-corrected chi connectivity index (χ3v) is 4.42. The standard InChI is InChI=1S/C15H16F3N4/c1-9-3-6-22(9)14-10(8-19)11(15(16,17)18)7-12(20-14)13-4-5-21(13)2/h4,7,9,13H,3,5-6H2,1-2H3/t9-,13?/m0/s1. The fourth-order valence-corrected chi connectivity index (χ4v) is 2.84. The average molecular weight is 309 g/mol. The summed E-state index contributed by atoms with van der Waals surface area (Å²) in [5.74, 6) is 0.166. The van der Waals surface area contributed by atoms with Crippen LogP contribution in [-0.2, 0) is 6.18 Å². The second-order valence-electron chi connectivity index (χ2n) is 5.85. The number of nitriles is 1. The first kappa shape index (κ1) is 15.1. The minimum absolute atomic E-state index is 0.110. The van der Waals surface area contributed by atoms with Crippen molar-refractivity contribution in [3.63, 3.8) is 0 Å². The summed E-state index contributed by atoms with van der Waals surface area (Å²) in [6, 6.07) is 2.61. The van der Waals surface area contributed by atoms with Crippen molar-refractivity contribution in [3.8, 4) is 6.07 Å². The van der Waals surface area contributed by atoms with E-state index in [0.717, 1.165) is 19.0 Å². The van der Waals surface area contributed by atoms with Crippen molar-refractivity contribution in [1.82, 2.24) is 9.88 Å². The van der Waals surface area contributed by atoms with Gasteiger partial charge in [-0.25, -0.2) is 4.98 Å². The van der Waals surface area contributed by atoms with Gasteiger partial charge >= 0.3 is 6.18 Å². The van der Waals surface area contributed by atoms with Crippen molar-refractivity contribution in [2.24, 2.45) is 0 Å². The highest BCUT2D eigenvalue weighted by Gasteiger charge is 2.40. The van der Waals surface area contributed by atoms with E-state index in [4.69, 9.17) is 0 Å².